The number of hydrogen-bond donors (Lipinski definition) is 2. The molecule has 5 rings (SSSR count). The molecule has 8 heteroatoms. The summed E-state index contributed by atoms with van der Waals surface area (Å²) in [5.41, 5.74) is 3.19. The Kier molecular flexibility index (Phi) is 5.53. The quantitative estimate of drug-likeness (QED) is 0.340. The number of sulfone groups is 1. The fourth-order valence-corrected chi connectivity index (χ4v) is 5.58. The highest BCUT2D eigenvalue weighted by Crippen LogP contribution is 2.26. The van der Waals surface area contributed by atoms with Gasteiger partial charge in [0.2, 0.25) is 0 Å². The first-order chi connectivity index (χ1) is 16.0. The van der Waals surface area contributed by atoms with Crippen LogP contribution in [0, 0.1) is 0 Å². The van der Waals surface area contributed by atoms with Gasteiger partial charge in [-0.15, -0.1) is 11.3 Å². The van der Waals surface area contributed by atoms with Gasteiger partial charge in [-0.05, 0) is 59.5 Å². The molecule has 5 aromatic rings. The summed E-state index contributed by atoms with van der Waals surface area (Å²) in [4.78, 5) is 22.0. The third kappa shape index (κ3) is 4.57. The molecule has 3 aromatic carbocycles. The van der Waals surface area contributed by atoms with Crippen molar-refractivity contribution < 1.29 is 13.2 Å². The molecular weight excluding hydrogens is 454 g/mol. The standard InChI is InChI=1S/C25H19N3O3S2/c29-25(18-7-4-6-17(14-18)16-33(30,31)20-8-2-1-3-9-20)26-19-11-12-21-22(15-19)28-24(27-21)23-10-5-13-32-23/h1-15H,16H2,(H,26,29)(H,27,28). The second kappa shape index (κ2) is 8.65. The molecule has 164 valence electrons. The molecule has 0 fully saturated rings. The molecule has 0 aliphatic heterocycles. The van der Waals surface area contributed by atoms with Gasteiger partial charge in [0.1, 0.15) is 5.82 Å². The SMILES string of the molecule is O=C(Nc1ccc2nc(-c3cccs3)[nH]c2c1)c1cccc(CS(=O)(=O)c2ccccc2)c1. The molecule has 0 radical (unpaired) electrons. The number of nitrogens with one attached hydrogen (secondary N) is 2. The minimum atomic E-state index is -3.50. The van der Waals surface area contributed by atoms with Gasteiger partial charge in [-0.1, -0.05) is 36.4 Å². The lowest BCUT2D eigenvalue weighted by molar-refractivity contribution is 0.102. The maximum absolute atomic E-state index is 12.8. The van der Waals surface area contributed by atoms with Crippen molar-refractivity contribution in [1.29, 1.82) is 0 Å². The fourth-order valence-electron chi connectivity index (χ4n) is 3.55. The van der Waals surface area contributed by atoms with Gasteiger partial charge in [0.25, 0.3) is 5.91 Å². The Hall–Kier alpha value is -3.75. The van der Waals surface area contributed by atoms with Gasteiger partial charge in [0, 0.05) is 11.3 Å². The van der Waals surface area contributed by atoms with Crippen LogP contribution in [-0.4, -0.2) is 24.3 Å². The molecule has 2 N–H and O–H groups in total. The fraction of sp³-hybridized carbons (Fsp3) is 0.0400. The largest absolute Gasteiger partial charge is 0.337 e. The molecule has 2 heterocycles. The van der Waals surface area contributed by atoms with E-state index < -0.39 is 9.84 Å². The summed E-state index contributed by atoms with van der Waals surface area (Å²) in [7, 11) is -3.50. The van der Waals surface area contributed by atoms with Crippen LogP contribution in [0.4, 0.5) is 5.69 Å². The molecule has 0 saturated heterocycles. The lowest BCUT2D eigenvalue weighted by Crippen LogP contribution is -2.13. The normalized spacial score (nSPS) is 11.5. The Morgan fingerprint density at radius 1 is 0.939 bits per heavy atom. The summed E-state index contributed by atoms with van der Waals surface area (Å²) in [5, 5.41) is 4.88. The average molecular weight is 474 g/mol. The molecule has 0 atom stereocenters. The Balaban J connectivity index is 1.34. The Labute approximate surface area is 194 Å². The molecule has 0 bridgehead atoms. The monoisotopic (exact) mass is 473 g/mol. The summed E-state index contributed by atoms with van der Waals surface area (Å²) in [6.45, 7) is 0. The summed E-state index contributed by atoms with van der Waals surface area (Å²) in [6, 6.07) is 24.4. The minimum absolute atomic E-state index is 0.177. The zero-order valence-electron chi connectivity index (χ0n) is 17.4. The van der Waals surface area contributed by atoms with Crippen molar-refractivity contribution in [2.75, 3.05) is 5.32 Å². The first-order valence-corrected chi connectivity index (χ1v) is 12.7. The van der Waals surface area contributed by atoms with Crippen LogP contribution in [0.1, 0.15) is 15.9 Å². The maximum atomic E-state index is 12.8. The third-order valence-electron chi connectivity index (χ3n) is 5.14. The van der Waals surface area contributed by atoms with E-state index >= 15 is 0 Å². The molecule has 0 spiro atoms. The lowest BCUT2D eigenvalue weighted by atomic mass is 10.1. The van der Waals surface area contributed by atoms with E-state index in [1.807, 2.05) is 29.6 Å². The van der Waals surface area contributed by atoms with Crippen LogP contribution in [0.25, 0.3) is 21.7 Å². The van der Waals surface area contributed by atoms with Crippen LogP contribution in [0.15, 0.2) is 95.2 Å². The van der Waals surface area contributed by atoms with E-state index in [0.29, 0.717) is 16.8 Å². The Morgan fingerprint density at radius 3 is 2.58 bits per heavy atom. The van der Waals surface area contributed by atoms with Crippen LogP contribution in [0.2, 0.25) is 0 Å². The molecule has 2 aromatic heterocycles. The number of fused-ring (bicyclic) bond motifs is 1. The van der Waals surface area contributed by atoms with E-state index in [1.54, 1.807) is 72.0 Å². The third-order valence-corrected chi connectivity index (χ3v) is 7.72. The van der Waals surface area contributed by atoms with Crippen molar-refractivity contribution in [1.82, 2.24) is 9.97 Å². The van der Waals surface area contributed by atoms with E-state index in [1.165, 1.54) is 0 Å². The van der Waals surface area contributed by atoms with E-state index in [0.717, 1.165) is 21.7 Å². The molecule has 0 aliphatic rings. The number of hydrogen-bond acceptors (Lipinski definition) is 5. The van der Waals surface area contributed by atoms with Crippen molar-refractivity contribution in [2.24, 2.45) is 0 Å². The number of thiophene rings is 1. The number of benzene rings is 3. The number of carbonyl (C=O) groups is 1. The van der Waals surface area contributed by atoms with Gasteiger partial charge in [0.15, 0.2) is 9.84 Å². The van der Waals surface area contributed by atoms with Gasteiger partial charge in [0.05, 0.1) is 26.6 Å². The highest BCUT2D eigenvalue weighted by molar-refractivity contribution is 7.90. The van der Waals surface area contributed by atoms with Crippen molar-refractivity contribution in [3.8, 4) is 10.7 Å². The number of amides is 1. The molecule has 33 heavy (non-hydrogen) atoms. The minimum Gasteiger partial charge on any atom is -0.337 e. The molecule has 1 amide bonds. The van der Waals surface area contributed by atoms with Crippen molar-refractivity contribution >= 4 is 43.8 Å². The number of anilines is 1. The molecule has 0 unspecified atom stereocenters. The van der Waals surface area contributed by atoms with Gasteiger partial charge in [-0.25, -0.2) is 13.4 Å². The van der Waals surface area contributed by atoms with Crippen LogP contribution in [0.3, 0.4) is 0 Å². The maximum Gasteiger partial charge on any atom is 0.255 e. The van der Waals surface area contributed by atoms with Gasteiger partial charge in [-0.2, -0.15) is 0 Å². The zero-order chi connectivity index (χ0) is 22.8. The summed E-state index contributed by atoms with van der Waals surface area (Å²) in [6.07, 6.45) is 0. The van der Waals surface area contributed by atoms with Gasteiger partial charge >= 0.3 is 0 Å². The number of imidazole rings is 1. The lowest BCUT2D eigenvalue weighted by Gasteiger charge is -2.08. The molecular formula is C25H19N3O3S2. The summed E-state index contributed by atoms with van der Waals surface area (Å²) < 4.78 is 25.4. The van der Waals surface area contributed by atoms with E-state index in [9.17, 15) is 13.2 Å². The van der Waals surface area contributed by atoms with Crippen molar-refractivity contribution in [3.05, 3.63) is 101 Å². The van der Waals surface area contributed by atoms with E-state index in [4.69, 9.17) is 0 Å². The molecule has 6 nitrogen and oxygen atoms in total. The first-order valence-electron chi connectivity index (χ1n) is 10.2. The van der Waals surface area contributed by atoms with Crippen molar-refractivity contribution in [3.63, 3.8) is 0 Å². The topological polar surface area (TPSA) is 91.9 Å². The number of nitrogens with zero attached hydrogens (tertiary/aromatic N) is 1. The van der Waals surface area contributed by atoms with Crippen molar-refractivity contribution in [2.45, 2.75) is 10.6 Å². The van der Waals surface area contributed by atoms with Crippen LogP contribution in [0.5, 0.6) is 0 Å². The van der Waals surface area contributed by atoms with Crippen LogP contribution < -0.4 is 5.32 Å². The second-order valence-corrected chi connectivity index (χ2v) is 10.5. The number of aromatic nitrogens is 2. The first kappa shape index (κ1) is 21.1. The Morgan fingerprint density at radius 2 is 1.79 bits per heavy atom. The molecule has 0 saturated carbocycles. The highest BCUT2D eigenvalue weighted by Gasteiger charge is 2.16. The number of H-pyrrole nitrogens is 1. The van der Waals surface area contributed by atoms with Gasteiger partial charge < -0.3 is 10.3 Å². The Bertz CT molecular complexity index is 1540. The molecule has 0 aliphatic carbocycles. The van der Waals surface area contributed by atoms with E-state index in [2.05, 4.69) is 15.3 Å². The van der Waals surface area contributed by atoms with Crippen LogP contribution in [-0.2, 0) is 15.6 Å². The van der Waals surface area contributed by atoms with Gasteiger partial charge in [-0.3, -0.25) is 4.79 Å². The number of carbonyl (C=O) groups excluding carboxylic acids is 1. The smallest absolute Gasteiger partial charge is 0.255 e. The zero-order valence-corrected chi connectivity index (χ0v) is 19.0. The average Bonchev–Trinajstić information content (AvgIpc) is 3.49. The van der Waals surface area contributed by atoms with Crippen LogP contribution >= 0.6 is 11.3 Å². The predicted molar refractivity (Wildman–Crippen MR) is 131 cm³/mol. The second-order valence-electron chi connectivity index (χ2n) is 7.52. The predicted octanol–water partition coefficient (Wildman–Crippen LogP) is 5.52. The number of rotatable bonds is 6. The summed E-state index contributed by atoms with van der Waals surface area (Å²) >= 11 is 1.60. The van der Waals surface area contributed by atoms with E-state index in [-0.39, 0.29) is 16.6 Å². The highest BCUT2D eigenvalue weighted by atomic mass is 32.2. The number of aromatic amines is 1. The summed E-state index contributed by atoms with van der Waals surface area (Å²) in [5.74, 6) is 0.297.